The van der Waals surface area contributed by atoms with Crippen molar-refractivity contribution in [1.29, 1.82) is 0 Å². The number of thiophene rings is 1. The van der Waals surface area contributed by atoms with E-state index in [9.17, 15) is 9.59 Å². The first kappa shape index (κ1) is 22.3. The molecule has 1 aromatic carbocycles. The smallest absolute Gasteiger partial charge is 0.263 e. The number of rotatable bonds is 6. The zero-order chi connectivity index (χ0) is 22.9. The molecule has 1 aliphatic rings. The summed E-state index contributed by atoms with van der Waals surface area (Å²) in [6.07, 6.45) is 4.30. The Labute approximate surface area is 204 Å². The fraction of sp³-hybridized carbons (Fsp3) is 0.333. The van der Waals surface area contributed by atoms with Crippen LogP contribution in [-0.4, -0.2) is 26.2 Å². The lowest BCUT2D eigenvalue weighted by Gasteiger charge is -2.12. The number of hydrogen-bond acceptors (Lipinski definition) is 7. The highest BCUT2D eigenvalue weighted by atomic mass is 32.2. The first-order valence-corrected chi connectivity index (χ1v) is 13.7. The molecule has 0 saturated heterocycles. The Morgan fingerprint density at radius 3 is 2.76 bits per heavy atom. The van der Waals surface area contributed by atoms with Crippen molar-refractivity contribution in [3.63, 3.8) is 0 Å². The third-order valence-corrected chi connectivity index (χ3v) is 8.71. The Bertz CT molecular complexity index is 1390. The van der Waals surface area contributed by atoms with Gasteiger partial charge < -0.3 is 5.32 Å². The second kappa shape index (κ2) is 9.40. The second-order valence-corrected chi connectivity index (χ2v) is 11.0. The van der Waals surface area contributed by atoms with Crippen molar-refractivity contribution in [2.24, 2.45) is 0 Å². The Kier molecular flexibility index (Phi) is 6.36. The molecule has 0 saturated carbocycles. The van der Waals surface area contributed by atoms with E-state index < -0.39 is 0 Å². The Morgan fingerprint density at radius 2 is 1.97 bits per heavy atom. The first-order chi connectivity index (χ1) is 16.0. The highest BCUT2D eigenvalue weighted by Gasteiger charge is 2.22. The van der Waals surface area contributed by atoms with Crippen molar-refractivity contribution in [1.82, 2.24) is 14.5 Å². The molecule has 0 radical (unpaired) electrons. The molecule has 1 aliphatic carbocycles. The summed E-state index contributed by atoms with van der Waals surface area (Å²) < 4.78 is 1.70. The second-order valence-electron chi connectivity index (χ2n) is 8.08. The monoisotopic (exact) mass is 496 g/mol. The fourth-order valence-electron chi connectivity index (χ4n) is 4.08. The van der Waals surface area contributed by atoms with Crippen molar-refractivity contribution < 1.29 is 4.79 Å². The highest BCUT2D eigenvalue weighted by molar-refractivity contribution is 7.99. The van der Waals surface area contributed by atoms with Crippen molar-refractivity contribution in [2.45, 2.75) is 51.2 Å². The third-order valence-electron chi connectivity index (χ3n) is 5.79. The van der Waals surface area contributed by atoms with E-state index in [-0.39, 0.29) is 17.2 Å². The summed E-state index contributed by atoms with van der Waals surface area (Å²) in [5, 5.41) is 6.78. The molecule has 33 heavy (non-hydrogen) atoms. The molecule has 9 heteroatoms. The van der Waals surface area contributed by atoms with Crippen LogP contribution in [0.3, 0.4) is 0 Å². The molecule has 0 bridgehead atoms. The van der Waals surface area contributed by atoms with Gasteiger partial charge in [-0.1, -0.05) is 41.6 Å². The summed E-state index contributed by atoms with van der Waals surface area (Å²) in [6, 6.07) is 8.15. The summed E-state index contributed by atoms with van der Waals surface area (Å²) in [4.78, 5) is 37.3. The van der Waals surface area contributed by atoms with E-state index in [2.05, 4.69) is 10.3 Å². The van der Waals surface area contributed by atoms with Gasteiger partial charge >= 0.3 is 0 Å². The van der Waals surface area contributed by atoms with Crippen LogP contribution < -0.4 is 10.9 Å². The predicted octanol–water partition coefficient (Wildman–Crippen LogP) is 5.52. The molecule has 4 aromatic rings. The summed E-state index contributed by atoms with van der Waals surface area (Å²) >= 11 is 4.35. The maximum Gasteiger partial charge on any atom is 0.263 e. The van der Waals surface area contributed by atoms with Gasteiger partial charge in [-0.25, -0.2) is 9.97 Å². The molecule has 1 amide bonds. The third kappa shape index (κ3) is 4.49. The molecule has 3 aromatic heterocycles. The van der Waals surface area contributed by atoms with E-state index >= 15 is 0 Å². The maximum atomic E-state index is 13.2. The van der Waals surface area contributed by atoms with Gasteiger partial charge in [0.2, 0.25) is 5.91 Å². The topological polar surface area (TPSA) is 76.9 Å². The zero-order valence-corrected chi connectivity index (χ0v) is 21.0. The number of carbonyl (C=O) groups is 1. The van der Waals surface area contributed by atoms with Gasteiger partial charge in [0, 0.05) is 22.4 Å². The fourth-order valence-corrected chi connectivity index (χ4v) is 6.98. The van der Waals surface area contributed by atoms with Crippen LogP contribution in [0.15, 0.2) is 39.6 Å². The average Bonchev–Trinajstić information content (AvgIpc) is 3.42. The Morgan fingerprint density at radius 1 is 1.18 bits per heavy atom. The summed E-state index contributed by atoms with van der Waals surface area (Å²) in [6.45, 7) is 4.52. The molecule has 0 fully saturated rings. The largest absolute Gasteiger partial charge is 0.301 e. The molecule has 0 aliphatic heterocycles. The molecule has 5 rings (SSSR count). The lowest BCUT2D eigenvalue weighted by Crippen LogP contribution is -2.24. The van der Waals surface area contributed by atoms with Crippen molar-refractivity contribution >= 4 is 55.7 Å². The normalized spacial score (nSPS) is 13.3. The summed E-state index contributed by atoms with van der Waals surface area (Å²) in [5.74, 6) is 0.00920. The minimum Gasteiger partial charge on any atom is -0.301 e. The average molecular weight is 497 g/mol. The van der Waals surface area contributed by atoms with Crippen LogP contribution in [0.25, 0.3) is 21.5 Å². The minimum atomic E-state index is -0.160. The van der Waals surface area contributed by atoms with E-state index in [1.54, 1.807) is 15.9 Å². The van der Waals surface area contributed by atoms with Crippen LogP contribution in [0.1, 0.15) is 35.8 Å². The molecule has 1 N–H and O–H groups in total. The number of nitrogens with one attached hydrogen (secondary N) is 1. The number of aromatic nitrogens is 3. The van der Waals surface area contributed by atoms with Crippen LogP contribution in [0.4, 0.5) is 5.13 Å². The van der Waals surface area contributed by atoms with Gasteiger partial charge in [0.1, 0.15) is 4.83 Å². The van der Waals surface area contributed by atoms with Crippen LogP contribution in [0.2, 0.25) is 0 Å². The van der Waals surface area contributed by atoms with E-state index in [4.69, 9.17) is 4.98 Å². The maximum absolute atomic E-state index is 13.2. The lowest BCUT2D eigenvalue weighted by molar-refractivity contribution is -0.113. The molecule has 6 nitrogen and oxygen atoms in total. The van der Waals surface area contributed by atoms with Crippen LogP contribution >= 0.6 is 34.4 Å². The van der Waals surface area contributed by atoms with E-state index in [1.165, 1.54) is 45.5 Å². The number of benzene rings is 1. The van der Waals surface area contributed by atoms with Crippen molar-refractivity contribution in [3.05, 3.63) is 56.0 Å². The van der Waals surface area contributed by atoms with Crippen LogP contribution in [-0.2, 0) is 24.2 Å². The van der Waals surface area contributed by atoms with Crippen molar-refractivity contribution in [3.8, 4) is 11.3 Å². The SMILES string of the molecule is CCn1c(SCC(=O)Nc2nc(-c3ccc(C)cc3)cs2)nc2sc3c(c2c1=O)CCCC3. The first-order valence-electron chi connectivity index (χ1n) is 11.0. The van der Waals surface area contributed by atoms with Gasteiger partial charge in [-0.05, 0) is 45.1 Å². The van der Waals surface area contributed by atoms with E-state index in [1.807, 2.05) is 43.5 Å². The lowest BCUT2D eigenvalue weighted by atomic mass is 9.97. The molecule has 170 valence electrons. The number of hydrogen-bond donors (Lipinski definition) is 1. The summed E-state index contributed by atoms with van der Waals surface area (Å²) in [5.41, 5.74) is 4.28. The number of thioether (sulfide) groups is 1. The number of carbonyl (C=O) groups excluding carboxylic acids is 1. The number of anilines is 1. The highest BCUT2D eigenvalue weighted by Crippen LogP contribution is 2.34. The quantitative estimate of drug-likeness (QED) is 0.281. The molecule has 3 heterocycles. The Hall–Kier alpha value is -2.49. The Balaban J connectivity index is 1.31. The number of amides is 1. The molecule has 0 unspecified atom stereocenters. The van der Waals surface area contributed by atoms with E-state index in [0.717, 1.165) is 40.7 Å². The molecule has 0 spiro atoms. The number of thiazole rings is 1. The minimum absolute atomic E-state index is 0.0208. The molecule has 0 atom stereocenters. The van der Waals surface area contributed by atoms with E-state index in [0.29, 0.717) is 16.8 Å². The van der Waals surface area contributed by atoms with Gasteiger partial charge in [0.25, 0.3) is 5.56 Å². The van der Waals surface area contributed by atoms with Gasteiger partial charge in [-0.2, -0.15) is 0 Å². The van der Waals surface area contributed by atoms with Gasteiger partial charge in [-0.3, -0.25) is 14.2 Å². The number of fused-ring (bicyclic) bond motifs is 3. The predicted molar refractivity (Wildman–Crippen MR) is 138 cm³/mol. The van der Waals surface area contributed by atoms with Crippen LogP contribution in [0, 0.1) is 6.92 Å². The van der Waals surface area contributed by atoms with Crippen LogP contribution in [0.5, 0.6) is 0 Å². The van der Waals surface area contributed by atoms with Gasteiger partial charge in [0.15, 0.2) is 10.3 Å². The van der Waals surface area contributed by atoms with Crippen molar-refractivity contribution in [2.75, 3.05) is 11.1 Å². The number of nitrogens with zero attached hydrogens (tertiary/aromatic N) is 3. The molecular formula is C24H24N4O2S3. The number of aryl methyl sites for hydroxylation is 3. The molecular weight excluding hydrogens is 472 g/mol. The standard InChI is InChI=1S/C24H24N4O2S3/c1-3-28-22(30)20-16-6-4-5-7-18(16)33-21(20)27-24(28)32-13-19(29)26-23-25-17(12-31-23)15-10-8-14(2)9-11-15/h8-12H,3-7,13H2,1-2H3,(H,25,26,29). The summed E-state index contributed by atoms with van der Waals surface area (Å²) in [7, 11) is 0. The van der Waals surface area contributed by atoms with Gasteiger partial charge in [-0.15, -0.1) is 22.7 Å². The zero-order valence-electron chi connectivity index (χ0n) is 18.5. The van der Waals surface area contributed by atoms with Gasteiger partial charge in [0.05, 0.1) is 16.8 Å².